The molecule has 0 rings (SSSR count). The van der Waals surface area contributed by atoms with E-state index in [1.165, 1.54) is 0 Å². The van der Waals surface area contributed by atoms with E-state index < -0.39 is 43.8 Å². The summed E-state index contributed by atoms with van der Waals surface area (Å²) in [5, 5.41) is 67.5. The van der Waals surface area contributed by atoms with Crippen LogP contribution in [-0.2, 0) is 0 Å². The van der Waals surface area contributed by atoms with E-state index in [2.05, 4.69) is 0 Å². The molecule has 0 aromatic carbocycles. The summed E-state index contributed by atoms with van der Waals surface area (Å²) in [5.41, 5.74) is 0. The van der Waals surface area contributed by atoms with E-state index in [-0.39, 0.29) is 29.6 Å². The van der Waals surface area contributed by atoms with Crippen LogP contribution in [0.15, 0.2) is 0 Å². The van der Waals surface area contributed by atoms with Gasteiger partial charge in [0.15, 0.2) is 0 Å². The molecular weight excluding hydrogens is 251 g/mol. The minimum atomic E-state index is -2.08. The van der Waals surface area contributed by atoms with E-state index in [4.69, 9.17) is 45.6 Å². The molecule has 0 aliphatic rings. The average Bonchev–Trinajstić information content (AvgIpc) is 2.24. The van der Waals surface area contributed by atoms with Gasteiger partial charge in [0, 0.05) is 0 Å². The molecular formula is C7H15NaO9. The zero-order valence-corrected chi connectivity index (χ0v) is 11.2. The second-order valence-electron chi connectivity index (χ2n) is 2.75. The Hall–Kier alpha value is 0.0300. The van der Waals surface area contributed by atoms with Gasteiger partial charge < -0.3 is 45.6 Å². The van der Waals surface area contributed by atoms with Crippen LogP contribution in [0.25, 0.3) is 0 Å². The fourth-order valence-corrected chi connectivity index (χ4v) is 0.671. The van der Waals surface area contributed by atoms with Crippen molar-refractivity contribution in [3.8, 4) is 0 Å². The van der Waals surface area contributed by atoms with Gasteiger partial charge >= 0.3 is 29.6 Å². The summed E-state index contributed by atoms with van der Waals surface area (Å²) in [6, 6.07) is 0. The van der Waals surface area contributed by atoms with Gasteiger partial charge in [0.1, 0.15) is 24.4 Å². The van der Waals surface area contributed by atoms with Crippen molar-refractivity contribution < 1.29 is 75.2 Å². The zero-order chi connectivity index (χ0) is 13.3. The van der Waals surface area contributed by atoms with Gasteiger partial charge in [0.25, 0.3) is 0 Å². The van der Waals surface area contributed by atoms with Crippen molar-refractivity contribution in [2.24, 2.45) is 0 Å². The molecule has 0 amide bonds. The largest absolute Gasteiger partial charge is 1.00 e. The maximum Gasteiger partial charge on any atom is 1.00 e. The normalized spacial score (nSPS) is 16.6. The molecule has 0 radical (unpaired) electrons. The van der Waals surface area contributed by atoms with E-state index in [0.29, 0.717) is 0 Å². The first-order chi connectivity index (χ1) is 7.27. The summed E-state index contributed by atoms with van der Waals surface area (Å²) < 4.78 is 0. The van der Waals surface area contributed by atoms with Crippen LogP contribution in [0, 0.1) is 0 Å². The minimum absolute atomic E-state index is 0. The van der Waals surface area contributed by atoms with Crippen LogP contribution in [0.5, 0.6) is 0 Å². The van der Waals surface area contributed by atoms with Gasteiger partial charge in [-0.1, -0.05) is 0 Å². The summed E-state index contributed by atoms with van der Waals surface area (Å²) >= 11 is 0. The Morgan fingerprint density at radius 2 is 1.12 bits per heavy atom. The molecule has 4 unspecified atom stereocenters. The fraction of sp³-hybridized carbons (Fsp3) is 0.857. The molecule has 0 aliphatic heterocycles. The molecule has 0 bridgehead atoms. The van der Waals surface area contributed by atoms with Crippen LogP contribution in [0.1, 0.15) is 0 Å². The number of carboxylic acid groups (broad SMARTS) is 2. The molecule has 17 heavy (non-hydrogen) atoms. The van der Waals surface area contributed by atoms with Gasteiger partial charge in [-0.15, -0.1) is 0 Å². The minimum Gasteiger partial charge on any atom is -0.565 e. The molecule has 0 aromatic rings. The number of aliphatic hydroxyl groups excluding tert-OH is 6. The predicted molar refractivity (Wildman–Crippen MR) is 46.2 cm³/mol. The Morgan fingerprint density at radius 1 is 0.941 bits per heavy atom. The molecule has 0 saturated carbocycles. The second kappa shape index (κ2) is 12.5. The summed E-state index contributed by atoms with van der Waals surface area (Å²) in [7, 11) is 0. The SMILES string of the molecule is O=C([O-])O.OCC(O)C(O)C(O)C(O)CO.[Na+]. The number of hydrogen-bond donors (Lipinski definition) is 7. The number of hydrogen-bond acceptors (Lipinski definition) is 8. The summed E-state index contributed by atoms with van der Waals surface area (Å²) in [4.78, 5) is 8.44. The predicted octanol–water partition coefficient (Wildman–Crippen LogP) is -7.69. The van der Waals surface area contributed by atoms with Crippen molar-refractivity contribution in [1.29, 1.82) is 0 Å². The van der Waals surface area contributed by atoms with Gasteiger partial charge in [-0.3, -0.25) is 0 Å². The summed E-state index contributed by atoms with van der Waals surface area (Å²) in [6.07, 6.45) is -8.48. The molecule has 10 heteroatoms. The van der Waals surface area contributed by atoms with Gasteiger partial charge in [-0.05, 0) is 0 Å². The Balaban J connectivity index is -0.000000340. The Bertz CT molecular complexity index is 172. The fourth-order valence-electron chi connectivity index (χ4n) is 0.671. The van der Waals surface area contributed by atoms with Gasteiger partial charge in [0.2, 0.25) is 6.16 Å². The summed E-state index contributed by atoms with van der Waals surface area (Å²) in [6.45, 7) is -1.45. The average molecular weight is 266 g/mol. The third-order valence-electron chi connectivity index (χ3n) is 1.51. The van der Waals surface area contributed by atoms with Crippen molar-refractivity contribution in [1.82, 2.24) is 0 Å². The van der Waals surface area contributed by atoms with Crippen LogP contribution in [0.4, 0.5) is 4.79 Å². The van der Waals surface area contributed by atoms with Crippen molar-refractivity contribution in [3.63, 3.8) is 0 Å². The van der Waals surface area contributed by atoms with Crippen LogP contribution < -0.4 is 34.7 Å². The maximum absolute atomic E-state index is 8.96. The van der Waals surface area contributed by atoms with E-state index in [1.54, 1.807) is 0 Å². The quantitative estimate of drug-likeness (QED) is 0.237. The number of aliphatic hydroxyl groups is 6. The molecule has 9 nitrogen and oxygen atoms in total. The zero-order valence-electron chi connectivity index (χ0n) is 9.17. The van der Waals surface area contributed by atoms with Crippen molar-refractivity contribution in [2.75, 3.05) is 13.2 Å². The molecule has 0 spiro atoms. The topological polar surface area (TPSA) is 182 Å². The first-order valence-electron chi connectivity index (χ1n) is 4.11. The van der Waals surface area contributed by atoms with E-state index in [0.717, 1.165) is 0 Å². The molecule has 0 heterocycles. The number of carbonyl (C=O) groups is 1. The Morgan fingerprint density at radius 3 is 1.24 bits per heavy atom. The van der Waals surface area contributed by atoms with Crippen molar-refractivity contribution in [2.45, 2.75) is 24.4 Å². The van der Waals surface area contributed by atoms with Crippen LogP contribution in [0.3, 0.4) is 0 Å². The Labute approximate surface area is 119 Å². The molecule has 7 N–H and O–H groups in total. The molecule has 0 aromatic heterocycles. The Kier molecular flexibility index (Phi) is 16.3. The third-order valence-corrected chi connectivity index (χ3v) is 1.51. The standard InChI is InChI=1S/C6H14O6.CH2O3.Na/c7-1-3(9)5(11)6(12)4(10)2-8;2-1(3)4;/h3-12H,1-2H2;(H2,2,3,4);/q;;+1/p-1. The molecule has 98 valence electrons. The molecule has 0 saturated heterocycles. The molecule has 4 atom stereocenters. The molecule has 0 fully saturated rings. The van der Waals surface area contributed by atoms with E-state index in [1.807, 2.05) is 0 Å². The van der Waals surface area contributed by atoms with E-state index in [9.17, 15) is 0 Å². The van der Waals surface area contributed by atoms with Gasteiger partial charge in [0.05, 0.1) is 13.2 Å². The van der Waals surface area contributed by atoms with Crippen LogP contribution in [-0.4, -0.2) is 79.5 Å². The van der Waals surface area contributed by atoms with Crippen molar-refractivity contribution in [3.05, 3.63) is 0 Å². The smallest absolute Gasteiger partial charge is 0.565 e. The van der Waals surface area contributed by atoms with Crippen LogP contribution in [0.2, 0.25) is 0 Å². The van der Waals surface area contributed by atoms with Gasteiger partial charge in [-0.2, -0.15) is 0 Å². The summed E-state index contributed by atoms with van der Waals surface area (Å²) in [5.74, 6) is 0. The third kappa shape index (κ3) is 12.3. The molecule has 0 aliphatic carbocycles. The van der Waals surface area contributed by atoms with Crippen molar-refractivity contribution >= 4 is 6.16 Å². The monoisotopic (exact) mass is 266 g/mol. The van der Waals surface area contributed by atoms with Gasteiger partial charge in [-0.25, -0.2) is 0 Å². The first-order valence-corrected chi connectivity index (χ1v) is 4.11. The van der Waals surface area contributed by atoms with Crippen LogP contribution >= 0.6 is 0 Å². The maximum atomic E-state index is 8.96. The number of rotatable bonds is 5. The van der Waals surface area contributed by atoms with E-state index >= 15 is 0 Å². The first kappa shape index (κ1) is 22.2. The second-order valence-corrected chi connectivity index (χ2v) is 2.75.